The zero-order valence-corrected chi connectivity index (χ0v) is 10.8. The first kappa shape index (κ1) is 13.6. The van der Waals surface area contributed by atoms with Gasteiger partial charge in [0, 0.05) is 0 Å². The molecule has 0 saturated heterocycles. The first-order valence-corrected chi connectivity index (χ1v) is 5.73. The molecule has 0 aromatic heterocycles. The molecule has 0 fully saturated rings. The number of esters is 1. The molecule has 0 bridgehead atoms. The number of nitrogens with one attached hydrogen (secondary N) is 1. The van der Waals surface area contributed by atoms with Crippen molar-refractivity contribution in [1.82, 2.24) is 0 Å². The van der Waals surface area contributed by atoms with E-state index in [2.05, 4.69) is 11.9 Å². The summed E-state index contributed by atoms with van der Waals surface area (Å²) >= 11 is 6.05. The van der Waals surface area contributed by atoms with Crippen LogP contribution in [0, 0.1) is 6.92 Å². The summed E-state index contributed by atoms with van der Waals surface area (Å²) in [7, 11) is 0. The predicted molar refractivity (Wildman–Crippen MR) is 70.4 cm³/mol. The number of carbonyl (C=O) groups excluding carboxylic acids is 1. The third-order valence-corrected chi connectivity index (χ3v) is 2.59. The van der Waals surface area contributed by atoms with E-state index in [1.54, 1.807) is 13.0 Å². The minimum atomic E-state index is -0.450. The molecule has 92 valence electrons. The van der Waals surface area contributed by atoms with Crippen LogP contribution < -0.4 is 5.32 Å². The van der Waals surface area contributed by atoms with Crippen molar-refractivity contribution in [3.63, 3.8) is 0 Å². The van der Waals surface area contributed by atoms with Crippen LogP contribution in [0.4, 0.5) is 5.69 Å². The summed E-state index contributed by atoms with van der Waals surface area (Å²) in [6.45, 7) is 7.36. The molecule has 1 unspecified atom stereocenters. The lowest BCUT2D eigenvalue weighted by Gasteiger charge is -2.16. The summed E-state index contributed by atoms with van der Waals surface area (Å²) in [5.74, 6) is -0.329. The number of benzene rings is 1. The fourth-order valence-corrected chi connectivity index (χ4v) is 1.63. The Morgan fingerprint density at radius 1 is 1.65 bits per heavy atom. The second kappa shape index (κ2) is 6.30. The van der Waals surface area contributed by atoms with E-state index in [-0.39, 0.29) is 12.6 Å². The quantitative estimate of drug-likeness (QED) is 0.647. The predicted octanol–water partition coefficient (Wildman–Crippen LogP) is 3.18. The second-order valence-corrected chi connectivity index (χ2v) is 4.12. The molecule has 1 atom stereocenters. The van der Waals surface area contributed by atoms with Crippen LogP contribution in [0.5, 0.6) is 0 Å². The molecular formula is C13H16ClNO2. The van der Waals surface area contributed by atoms with Gasteiger partial charge in [-0.1, -0.05) is 36.4 Å². The van der Waals surface area contributed by atoms with E-state index in [1.807, 2.05) is 19.1 Å². The van der Waals surface area contributed by atoms with Crippen molar-refractivity contribution in [3.8, 4) is 0 Å². The molecule has 17 heavy (non-hydrogen) atoms. The van der Waals surface area contributed by atoms with Gasteiger partial charge in [0.15, 0.2) is 0 Å². The smallest absolute Gasteiger partial charge is 0.328 e. The summed E-state index contributed by atoms with van der Waals surface area (Å²) in [4.78, 5) is 11.6. The number of hydrogen-bond acceptors (Lipinski definition) is 3. The van der Waals surface area contributed by atoms with Crippen molar-refractivity contribution in [2.75, 3.05) is 11.9 Å². The van der Waals surface area contributed by atoms with Crippen LogP contribution in [-0.2, 0) is 9.53 Å². The van der Waals surface area contributed by atoms with Gasteiger partial charge in [0.1, 0.15) is 12.6 Å². The van der Waals surface area contributed by atoms with Gasteiger partial charge in [-0.2, -0.15) is 0 Å². The number of carbonyl (C=O) groups is 1. The van der Waals surface area contributed by atoms with Gasteiger partial charge in [-0.25, -0.2) is 4.79 Å². The summed E-state index contributed by atoms with van der Waals surface area (Å²) in [6, 6.07) is 5.12. The summed E-state index contributed by atoms with van der Waals surface area (Å²) in [5, 5.41) is 3.64. The van der Waals surface area contributed by atoms with Crippen LogP contribution in [-0.4, -0.2) is 18.6 Å². The molecule has 4 heteroatoms. The third-order valence-electron chi connectivity index (χ3n) is 2.28. The molecule has 0 aliphatic rings. The third kappa shape index (κ3) is 3.79. The highest BCUT2D eigenvalue weighted by molar-refractivity contribution is 6.33. The zero-order chi connectivity index (χ0) is 12.8. The zero-order valence-electron chi connectivity index (χ0n) is 10.00. The molecule has 1 aromatic rings. The second-order valence-electron chi connectivity index (χ2n) is 3.72. The van der Waals surface area contributed by atoms with E-state index in [9.17, 15) is 4.79 Å². The summed E-state index contributed by atoms with van der Waals surface area (Å²) < 4.78 is 4.94. The highest BCUT2D eigenvalue weighted by Gasteiger charge is 2.15. The fraction of sp³-hybridized carbons (Fsp3) is 0.308. The lowest BCUT2D eigenvalue weighted by Crippen LogP contribution is -2.28. The van der Waals surface area contributed by atoms with Crippen LogP contribution >= 0.6 is 11.6 Å². The summed E-state index contributed by atoms with van der Waals surface area (Å²) in [6.07, 6.45) is 1.53. The van der Waals surface area contributed by atoms with E-state index in [0.717, 1.165) is 11.3 Å². The first-order chi connectivity index (χ1) is 8.06. The Morgan fingerprint density at radius 2 is 2.35 bits per heavy atom. The molecule has 1 aromatic carbocycles. The van der Waals surface area contributed by atoms with Crippen LogP contribution in [0.25, 0.3) is 0 Å². The SMILES string of the molecule is C=CCOC(=O)C(C)Nc1c(C)cccc1Cl. The number of rotatable bonds is 5. The Kier molecular flexibility index (Phi) is 5.04. The molecule has 0 heterocycles. The van der Waals surface area contributed by atoms with Gasteiger partial charge in [-0.05, 0) is 25.5 Å². The molecule has 1 N–H and O–H groups in total. The van der Waals surface area contributed by atoms with Crippen LogP contribution in [0.2, 0.25) is 5.02 Å². The van der Waals surface area contributed by atoms with Gasteiger partial charge in [-0.15, -0.1) is 0 Å². The van der Waals surface area contributed by atoms with Gasteiger partial charge in [0.25, 0.3) is 0 Å². The molecule has 0 spiro atoms. The van der Waals surface area contributed by atoms with E-state index < -0.39 is 6.04 Å². The Labute approximate surface area is 106 Å². The van der Waals surface area contributed by atoms with Crippen molar-refractivity contribution in [2.45, 2.75) is 19.9 Å². The number of ether oxygens (including phenoxy) is 1. The number of anilines is 1. The maximum absolute atomic E-state index is 11.6. The van der Waals surface area contributed by atoms with Crippen LogP contribution in [0.1, 0.15) is 12.5 Å². The Bertz CT molecular complexity index is 398. The Morgan fingerprint density at radius 3 is 2.94 bits per heavy atom. The average Bonchev–Trinajstić information content (AvgIpc) is 2.30. The van der Waals surface area contributed by atoms with Gasteiger partial charge in [0.05, 0.1) is 10.7 Å². The monoisotopic (exact) mass is 253 g/mol. The fourth-order valence-electron chi connectivity index (χ4n) is 1.36. The Hall–Kier alpha value is -1.48. The highest BCUT2D eigenvalue weighted by Crippen LogP contribution is 2.25. The minimum Gasteiger partial charge on any atom is -0.460 e. The first-order valence-electron chi connectivity index (χ1n) is 5.35. The minimum absolute atomic E-state index is 0.215. The molecule has 0 aliphatic heterocycles. The molecular weight excluding hydrogens is 238 g/mol. The summed E-state index contributed by atoms with van der Waals surface area (Å²) in [5.41, 5.74) is 1.75. The van der Waals surface area contributed by atoms with E-state index in [1.165, 1.54) is 6.08 Å². The topological polar surface area (TPSA) is 38.3 Å². The highest BCUT2D eigenvalue weighted by atomic mass is 35.5. The maximum atomic E-state index is 11.6. The normalized spacial score (nSPS) is 11.7. The van der Waals surface area contributed by atoms with Crippen molar-refractivity contribution >= 4 is 23.3 Å². The van der Waals surface area contributed by atoms with Crippen molar-refractivity contribution in [3.05, 3.63) is 41.4 Å². The largest absolute Gasteiger partial charge is 0.460 e. The Balaban J connectivity index is 2.70. The molecule has 0 radical (unpaired) electrons. The van der Waals surface area contributed by atoms with Gasteiger partial charge in [-0.3, -0.25) is 0 Å². The lowest BCUT2D eigenvalue weighted by molar-refractivity contribution is -0.142. The van der Waals surface area contributed by atoms with E-state index in [0.29, 0.717) is 5.02 Å². The number of halogens is 1. The maximum Gasteiger partial charge on any atom is 0.328 e. The van der Waals surface area contributed by atoms with Crippen LogP contribution in [0.15, 0.2) is 30.9 Å². The molecule has 1 rings (SSSR count). The molecule has 0 aliphatic carbocycles. The van der Waals surface area contributed by atoms with Crippen molar-refractivity contribution in [2.24, 2.45) is 0 Å². The molecule has 0 amide bonds. The van der Waals surface area contributed by atoms with Gasteiger partial charge >= 0.3 is 5.97 Å². The van der Waals surface area contributed by atoms with E-state index in [4.69, 9.17) is 16.3 Å². The van der Waals surface area contributed by atoms with Crippen LogP contribution in [0.3, 0.4) is 0 Å². The van der Waals surface area contributed by atoms with Gasteiger partial charge < -0.3 is 10.1 Å². The molecule has 3 nitrogen and oxygen atoms in total. The van der Waals surface area contributed by atoms with Crippen molar-refractivity contribution < 1.29 is 9.53 Å². The van der Waals surface area contributed by atoms with Gasteiger partial charge in [0.2, 0.25) is 0 Å². The van der Waals surface area contributed by atoms with E-state index >= 15 is 0 Å². The standard InChI is InChI=1S/C13H16ClNO2/c1-4-8-17-13(16)10(3)15-12-9(2)6-5-7-11(12)14/h4-7,10,15H,1,8H2,2-3H3. The average molecular weight is 254 g/mol. The lowest BCUT2D eigenvalue weighted by atomic mass is 10.2. The van der Waals surface area contributed by atoms with Crippen molar-refractivity contribution in [1.29, 1.82) is 0 Å². The number of hydrogen-bond donors (Lipinski definition) is 1. The number of aryl methyl sites for hydroxylation is 1. The molecule has 0 saturated carbocycles. The number of para-hydroxylation sites is 1.